The molecule has 14 heavy (non-hydrogen) atoms. The van der Waals surface area contributed by atoms with Crippen LogP contribution in [0.1, 0.15) is 32.1 Å². The first kappa shape index (κ1) is 10.4. The molecular formula is C11H22N2O. The molecule has 2 N–H and O–H groups in total. The SMILES string of the molecule is CN[C@@H]1CN(C2CCCCC2)C[C@H]1O. The molecule has 0 radical (unpaired) electrons. The van der Waals surface area contributed by atoms with Gasteiger partial charge in [0.2, 0.25) is 0 Å². The number of β-amino-alcohol motifs (C(OH)–C–C–N with tert-alkyl or cyclic N) is 1. The second kappa shape index (κ2) is 4.60. The van der Waals surface area contributed by atoms with Gasteiger partial charge >= 0.3 is 0 Å². The van der Waals surface area contributed by atoms with E-state index in [4.69, 9.17) is 0 Å². The first-order valence-electron chi connectivity index (χ1n) is 5.90. The van der Waals surface area contributed by atoms with Gasteiger partial charge in [-0.25, -0.2) is 0 Å². The van der Waals surface area contributed by atoms with Crippen molar-refractivity contribution in [3.05, 3.63) is 0 Å². The fourth-order valence-electron chi connectivity index (χ4n) is 2.84. The minimum atomic E-state index is -0.165. The van der Waals surface area contributed by atoms with Gasteiger partial charge in [0.1, 0.15) is 0 Å². The number of aliphatic hydroxyl groups is 1. The maximum absolute atomic E-state index is 9.79. The number of likely N-dealkylation sites (N-methyl/N-ethyl adjacent to an activating group) is 1. The average Bonchev–Trinajstić information content (AvgIpc) is 2.61. The molecule has 1 saturated carbocycles. The molecule has 0 unspecified atom stereocenters. The summed E-state index contributed by atoms with van der Waals surface area (Å²) in [4.78, 5) is 2.48. The topological polar surface area (TPSA) is 35.5 Å². The number of hydrogen-bond acceptors (Lipinski definition) is 3. The molecule has 1 aliphatic heterocycles. The molecule has 0 aromatic heterocycles. The van der Waals surface area contributed by atoms with Gasteiger partial charge in [0.15, 0.2) is 0 Å². The largest absolute Gasteiger partial charge is 0.390 e. The van der Waals surface area contributed by atoms with Crippen molar-refractivity contribution in [3.63, 3.8) is 0 Å². The highest BCUT2D eigenvalue weighted by atomic mass is 16.3. The van der Waals surface area contributed by atoms with Gasteiger partial charge in [-0.2, -0.15) is 0 Å². The molecule has 2 rings (SSSR count). The van der Waals surface area contributed by atoms with Crippen molar-refractivity contribution in [1.29, 1.82) is 0 Å². The zero-order valence-corrected chi connectivity index (χ0v) is 9.08. The van der Waals surface area contributed by atoms with Crippen molar-refractivity contribution in [3.8, 4) is 0 Å². The standard InChI is InChI=1S/C11H22N2O/c1-12-10-7-13(8-11(10)14)9-5-3-2-4-6-9/h9-12,14H,2-8H2,1H3/t10-,11-/m1/s1. The minimum absolute atomic E-state index is 0.165. The summed E-state index contributed by atoms with van der Waals surface area (Å²) in [6.07, 6.45) is 6.67. The van der Waals surface area contributed by atoms with Crippen LogP contribution in [0.5, 0.6) is 0 Å². The monoisotopic (exact) mass is 198 g/mol. The van der Waals surface area contributed by atoms with Crippen LogP contribution in [0.15, 0.2) is 0 Å². The molecule has 2 aliphatic rings. The Morgan fingerprint density at radius 1 is 1.14 bits per heavy atom. The van der Waals surface area contributed by atoms with Gasteiger partial charge in [-0.3, -0.25) is 4.90 Å². The van der Waals surface area contributed by atoms with Crippen LogP contribution >= 0.6 is 0 Å². The summed E-state index contributed by atoms with van der Waals surface area (Å²) in [5.41, 5.74) is 0. The molecular weight excluding hydrogens is 176 g/mol. The number of hydrogen-bond donors (Lipinski definition) is 2. The van der Waals surface area contributed by atoms with Crippen LogP contribution in [0.25, 0.3) is 0 Å². The van der Waals surface area contributed by atoms with Crippen molar-refractivity contribution in [2.75, 3.05) is 20.1 Å². The van der Waals surface area contributed by atoms with Crippen molar-refractivity contribution < 1.29 is 5.11 Å². The van der Waals surface area contributed by atoms with Crippen LogP contribution in [-0.2, 0) is 0 Å². The van der Waals surface area contributed by atoms with Crippen molar-refractivity contribution in [1.82, 2.24) is 10.2 Å². The Labute approximate surface area is 86.5 Å². The molecule has 0 bridgehead atoms. The molecule has 82 valence electrons. The molecule has 0 amide bonds. The second-order valence-corrected chi connectivity index (χ2v) is 4.71. The van der Waals surface area contributed by atoms with Crippen molar-refractivity contribution in [2.24, 2.45) is 0 Å². The first-order valence-corrected chi connectivity index (χ1v) is 5.90. The van der Waals surface area contributed by atoms with E-state index >= 15 is 0 Å². The fraction of sp³-hybridized carbons (Fsp3) is 1.00. The molecule has 2 fully saturated rings. The Morgan fingerprint density at radius 2 is 1.86 bits per heavy atom. The summed E-state index contributed by atoms with van der Waals surface area (Å²) in [6, 6.07) is 1.04. The third-order valence-corrected chi connectivity index (χ3v) is 3.78. The molecule has 0 spiro atoms. The maximum Gasteiger partial charge on any atom is 0.0832 e. The number of nitrogens with zero attached hydrogens (tertiary/aromatic N) is 1. The highest BCUT2D eigenvalue weighted by Gasteiger charge is 2.34. The lowest BCUT2D eigenvalue weighted by atomic mass is 9.94. The second-order valence-electron chi connectivity index (χ2n) is 4.71. The van der Waals surface area contributed by atoms with E-state index in [2.05, 4.69) is 10.2 Å². The Hall–Kier alpha value is -0.120. The average molecular weight is 198 g/mol. The quantitative estimate of drug-likeness (QED) is 0.681. The number of rotatable bonds is 2. The van der Waals surface area contributed by atoms with Crippen LogP contribution in [0.2, 0.25) is 0 Å². The molecule has 1 heterocycles. The van der Waals surface area contributed by atoms with Gasteiger partial charge in [-0.15, -0.1) is 0 Å². The van der Waals surface area contributed by atoms with Crippen LogP contribution in [0.3, 0.4) is 0 Å². The Kier molecular flexibility index (Phi) is 3.42. The highest BCUT2D eigenvalue weighted by molar-refractivity contribution is 4.91. The van der Waals surface area contributed by atoms with E-state index < -0.39 is 0 Å². The smallest absolute Gasteiger partial charge is 0.0832 e. The summed E-state index contributed by atoms with van der Waals surface area (Å²) in [6.45, 7) is 1.90. The number of nitrogens with one attached hydrogen (secondary N) is 1. The van der Waals surface area contributed by atoms with Gasteiger partial charge in [-0.05, 0) is 19.9 Å². The molecule has 0 aromatic carbocycles. The van der Waals surface area contributed by atoms with Crippen molar-refractivity contribution in [2.45, 2.75) is 50.3 Å². The molecule has 0 aromatic rings. The minimum Gasteiger partial charge on any atom is -0.390 e. The van der Waals surface area contributed by atoms with Crippen LogP contribution < -0.4 is 5.32 Å². The zero-order valence-electron chi connectivity index (χ0n) is 9.08. The fourth-order valence-corrected chi connectivity index (χ4v) is 2.84. The van der Waals surface area contributed by atoms with Gasteiger partial charge in [-0.1, -0.05) is 19.3 Å². The first-order chi connectivity index (χ1) is 6.81. The van der Waals surface area contributed by atoms with Gasteiger partial charge in [0.05, 0.1) is 6.10 Å². The van der Waals surface area contributed by atoms with Gasteiger partial charge in [0.25, 0.3) is 0 Å². The summed E-state index contributed by atoms with van der Waals surface area (Å²) < 4.78 is 0. The predicted molar refractivity (Wildman–Crippen MR) is 57.3 cm³/mol. The van der Waals surface area contributed by atoms with E-state index in [0.717, 1.165) is 19.1 Å². The molecule has 1 saturated heterocycles. The zero-order chi connectivity index (χ0) is 9.97. The van der Waals surface area contributed by atoms with E-state index in [1.165, 1.54) is 32.1 Å². The Morgan fingerprint density at radius 3 is 2.43 bits per heavy atom. The van der Waals surface area contributed by atoms with Crippen LogP contribution in [0, 0.1) is 0 Å². The van der Waals surface area contributed by atoms with Crippen molar-refractivity contribution >= 4 is 0 Å². The molecule has 3 nitrogen and oxygen atoms in total. The van der Waals surface area contributed by atoms with E-state index in [9.17, 15) is 5.11 Å². The third kappa shape index (κ3) is 2.10. The molecule has 2 atom stereocenters. The lowest BCUT2D eigenvalue weighted by Crippen LogP contribution is -2.38. The van der Waals surface area contributed by atoms with E-state index in [1.807, 2.05) is 7.05 Å². The molecule has 1 aliphatic carbocycles. The van der Waals surface area contributed by atoms with E-state index in [0.29, 0.717) is 0 Å². The summed E-state index contributed by atoms with van der Waals surface area (Å²) in [7, 11) is 1.94. The highest BCUT2D eigenvalue weighted by Crippen LogP contribution is 2.25. The van der Waals surface area contributed by atoms with Gasteiger partial charge in [0, 0.05) is 25.2 Å². The number of likely N-dealkylation sites (tertiary alicyclic amines) is 1. The van der Waals surface area contributed by atoms with Crippen LogP contribution in [-0.4, -0.2) is 48.3 Å². The Bertz CT molecular complexity index is 180. The summed E-state index contributed by atoms with van der Waals surface area (Å²) >= 11 is 0. The predicted octanol–water partition coefficient (Wildman–Crippen LogP) is 0.584. The van der Waals surface area contributed by atoms with E-state index in [-0.39, 0.29) is 12.1 Å². The van der Waals surface area contributed by atoms with E-state index in [1.54, 1.807) is 0 Å². The summed E-state index contributed by atoms with van der Waals surface area (Å²) in [5, 5.41) is 13.0. The van der Waals surface area contributed by atoms with Gasteiger partial charge < -0.3 is 10.4 Å². The third-order valence-electron chi connectivity index (χ3n) is 3.78. The normalized spacial score (nSPS) is 36.4. The molecule has 3 heteroatoms. The maximum atomic E-state index is 9.79. The lowest BCUT2D eigenvalue weighted by molar-refractivity contribution is 0.136. The Balaban J connectivity index is 1.86. The lowest BCUT2D eigenvalue weighted by Gasteiger charge is -2.30. The van der Waals surface area contributed by atoms with Crippen LogP contribution in [0.4, 0.5) is 0 Å². The summed E-state index contributed by atoms with van der Waals surface area (Å²) in [5.74, 6) is 0. The number of aliphatic hydroxyl groups excluding tert-OH is 1.